The van der Waals surface area contributed by atoms with E-state index in [0.717, 1.165) is 22.4 Å². The van der Waals surface area contributed by atoms with E-state index in [4.69, 9.17) is 18.9 Å². The second-order valence-electron chi connectivity index (χ2n) is 13.1. The largest absolute Gasteiger partial charge is 0.458 e. The highest BCUT2D eigenvalue weighted by atomic mass is 16.6. The van der Waals surface area contributed by atoms with E-state index >= 15 is 0 Å². The number of imide groups is 1. The number of rotatable bonds is 6. The molecule has 4 unspecified atom stereocenters. The maximum absolute atomic E-state index is 13.7. The molecule has 0 radical (unpaired) electrons. The van der Waals surface area contributed by atoms with Gasteiger partial charge in [-0.1, -0.05) is 66.6 Å². The summed E-state index contributed by atoms with van der Waals surface area (Å²) in [6.45, 7) is 14.4. The number of ether oxygens (including phenoxy) is 4. The number of carbonyl (C=O) groups is 3. The first-order valence-electron chi connectivity index (χ1n) is 14.8. The molecule has 2 aromatic rings. The van der Waals surface area contributed by atoms with Gasteiger partial charge >= 0.3 is 18.2 Å². The molecule has 3 rings (SSSR count). The fourth-order valence-corrected chi connectivity index (χ4v) is 5.04. The van der Waals surface area contributed by atoms with Crippen molar-refractivity contribution in [2.24, 2.45) is 5.92 Å². The molecule has 1 saturated heterocycles. The molecule has 4 atom stereocenters. The van der Waals surface area contributed by atoms with Crippen molar-refractivity contribution in [3.8, 4) is 0 Å². The highest BCUT2D eigenvalue weighted by Gasteiger charge is 2.43. The van der Waals surface area contributed by atoms with E-state index in [1.807, 2.05) is 37.3 Å². The molecule has 0 aromatic heterocycles. The van der Waals surface area contributed by atoms with Crippen molar-refractivity contribution >= 4 is 18.2 Å². The van der Waals surface area contributed by atoms with Crippen LogP contribution in [0.15, 0.2) is 54.6 Å². The fraction of sp³-hybridized carbons (Fsp3) is 0.559. The zero-order valence-electron chi connectivity index (χ0n) is 26.3. The lowest BCUT2D eigenvalue weighted by molar-refractivity contribution is -0.165. The fourth-order valence-electron chi connectivity index (χ4n) is 5.04. The highest BCUT2D eigenvalue weighted by Crippen LogP contribution is 2.30. The van der Waals surface area contributed by atoms with E-state index in [1.165, 1.54) is 5.56 Å². The van der Waals surface area contributed by atoms with Crippen LogP contribution in [0.5, 0.6) is 0 Å². The number of cyclic esters (lactones) is 1. The third-order valence-corrected chi connectivity index (χ3v) is 6.95. The number of benzene rings is 2. The van der Waals surface area contributed by atoms with Crippen LogP contribution in [-0.4, -0.2) is 52.5 Å². The molecule has 0 saturated carbocycles. The van der Waals surface area contributed by atoms with Gasteiger partial charge in [-0.05, 0) is 91.7 Å². The average Bonchev–Trinajstić information content (AvgIpc) is 2.92. The number of amides is 2. The number of hydrogen-bond acceptors (Lipinski definition) is 7. The predicted octanol–water partition coefficient (Wildman–Crippen LogP) is 7.40. The van der Waals surface area contributed by atoms with Crippen LogP contribution in [0.25, 0.3) is 0 Å². The molecule has 1 heterocycles. The van der Waals surface area contributed by atoms with Gasteiger partial charge in [-0.3, -0.25) is 0 Å². The van der Waals surface area contributed by atoms with Crippen molar-refractivity contribution in [1.29, 1.82) is 0 Å². The quantitative estimate of drug-likeness (QED) is 0.259. The molecule has 8 nitrogen and oxygen atoms in total. The molecule has 2 amide bonds. The first-order chi connectivity index (χ1) is 19.6. The van der Waals surface area contributed by atoms with Gasteiger partial charge in [-0.25, -0.2) is 14.4 Å². The van der Waals surface area contributed by atoms with Crippen LogP contribution in [0.4, 0.5) is 9.59 Å². The first kappa shape index (κ1) is 33.1. The monoisotopic (exact) mass is 581 g/mol. The van der Waals surface area contributed by atoms with Crippen LogP contribution < -0.4 is 0 Å². The molecule has 1 aliphatic rings. The minimum atomic E-state index is -1.20. The summed E-state index contributed by atoms with van der Waals surface area (Å²) < 4.78 is 23.5. The van der Waals surface area contributed by atoms with Crippen molar-refractivity contribution in [3.05, 3.63) is 71.3 Å². The maximum atomic E-state index is 13.7. The van der Waals surface area contributed by atoms with Crippen LogP contribution in [0.1, 0.15) is 84.4 Å². The van der Waals surface area contributed by atoms with E-state index in [9.17, 15) is 14.4 Å². The summed E-state index contributed by atoms with van der Waals surface area (Å²) in [6, 6.07) is 17.1. The maximum Gasteiger partial charge on any atom is 0.420 e. The van der Waals surface area contributed by atoms with Gasteiger partial charge in [0.1, 0.15) is 23.3 Å². The molecule has 0 N–H and O–H groups in total. The normalized spacial score (nSPS) is 21.8. The van der Waals surface area contributed by atoms with Gasteiger partial charge in [0.25, 0.3) is 0 Å². The summed E-state index contributed by atoms with van der Waals surface area (Å²) in [5, 5.41) is 0. The number of nitrogens with zero attached hydrogens (tertiary/aromatic N) is 1. The number of carbonyl (C=O) groups excluding carboxylic acids is 3. The van der Waals surface area contributed by atoms with E-state index < -0.39 is 47.6 Å². The molecule has 0 spiro atoms. The zero-order valence-corrected chi connectivity index (χ0v) is 26.3. The summed E-state index contributed by atoms with van der Waals surface area (Å²) in [4.78, 5) is 41.1. The molecular weight excluding hydrogens is 534 g/mol. The molecule has 0 bridgehead atoms. The third kappa shape index (κ3) is 10.2. The van der Waals surface area contributed by atoms with Crippen LogP contribution in [0.3, 0.4) is 0 Å². The van der Waals surface area contributed by atoms with Crippen LogP contribution in [0, 0.1) is 12.8 Å². The van der Waals surface area contributed by atoms with Crippen molar-refractivity contribution in [2.75, 3.05) is 0 Å². The summed E-state index contributed by atoms with van der Waals surface area (Å²) in [5.41, 5.74) is 1.59. The third-order valence-electron chi connectivity index (χ3n) is 6.95. The van der Waals surface area contributed by atoms with Gasteiger partial charge in [0.15, 0.2) is 0 Å². The Labute approximate surface area is 250 Å². The Kier molecular flexibility index (Phi) is 11.2. The van der Waals surface area contributed by atoms with E-state index in [2.05, 4.69) is 31.2 Å². The number of aryl methyl sites for hydroxylation is 1. The average molecular weight is 582 g/mol. The van der Waals surface area contributed by atoms with Crippen molar-refractivity contribution in [2.45, 2.75) is 117 Å². The van der Waals surface area contributed by atoms with E-state index in [1.54, 1.807) is 41.5 Å². The summed E-state index contributed by atoms with van der Waals surface area (Å²) in [7, 11) is 0. The first-order valence-corrected chi connectivity index (χ1v) is 14.8. The van der Waals surface area contributed by atoms with E-state index in [-0.39, 0.29) is 12.3 Å². The van der Waals surface area contributed by atoms with Gasteiger partial charge in [0, 0.05) is 0 Å². The molecule has 1 fully saturated rings. The lowest BCUT2D eigenvalue weighted by atomic mass is 9.86. The summed E-state index contributed by atoms with van der Waals surface area (Å²) >= 11 is 0. The van der Waals surface area contributed by atoms with E-state index in [0.29, 0.717) is 19.4 Å². The number of esters is 1. The molecule has 42 heavy (non-hydrogen) atoms. The smallest absolute Gasteiger partial charge is 0.420 e. The summed E-state index contributed by atoms with van der Waals surface area (Å²) in [6.07, 6.45) is -0.759. The van der Waals surface area contributed by atoms with Crippen molar-refractivity contribution in [3.63, 3.8) is 0 Å². The van der Waals surface area contributed by atoms with Gasteiger partial charge in [0.05, 0.1) is 12.7 Å². The molecular formula is C34H47NO7. The molecule has 230 valence electrons. The van der Waals surface area contributed by atoms with Crippen molar-refractivity contribution in [1.82, 2.24) is 4.90 Å². The van der Waals surface area contributed by atoms with Gasteiger partial charge < -0.3 is 18.9 Å². The van der Waals surface area contributed by atoms with Crippen LogP contribution in [-0.2, 0) is 36.8 Å². The van der Waals surface area contributed by atoms with Crippen LogP contribution >= 0.6 is 0 Å². The minimum absolute atomic E-state index is 0.0227. The van der Waals surface area contributed by atoms with Crippen LogP contribution in [0.2, 0.25) is 0 Å². The summed E-state index contributed by atoms with van der Waals surface area (Å²) in [5.74, 6) is -0.669. The lowest BCUT2D eigenvalue weighted by Crippen LogP contribution is -2.53. The Morgan fingerprint density at radius 1 is 0.857 bits per heavy atom. The Morgan fingerprint density at radius 3 is 1.98 bits per heavy atom. The minimum Gasteiger partial charge on any atom is -0.458 e. The molecule has 8 heteroatoms. The molecule has 1 aliphatic heterocycles. The molecule has 2 aromatic carbocycles. The Morgan fingerprint density at radius 2 is 1.43 bits per heavy atom. The lowest BCUT2D eigenvalue weighted by Gasteiger charge is -2.33. The standard InChI is InChI=1S/C34H47NO7/c1-23-17-19-25(20-18-23)21-27-15-12-16-28(35(31(37)41-33(3,4)5)32(38)42-34(6,7)8)30(36)40-24(2)29(27)39-22-26-13-10-9-11-14-26/h9-11,13-14,17-20,24,27-29H,12,15-16,21-22H2,1-8H3. The number of hydrogen-bond donors (Lipinski definition) is 0. The Hall–Kier alpha value is -3.39. The SMILES string of the molecule is Cc1ccc(CC2CCCC(N(C(=O)OC(C)(C)C)C(=O)OC(C)(C)C)C(=O)OC(C)C2OCc2ccccc2)cc1. The Balaban J connectivity index is 1.92. The highest BCUT2D eigenvalue weighted by molar-refractivity contribution is 5.94. The molecule has 0 aliphatic carbocycles. The predicted molar refractivity (Wildman–Crippen MR) is 161 cm³/mol. The zero-order chi connectivity index (χ0) is 31.1. The second-order valence-corrected chi connectivity index (χ2v) is 13.1. The van der Waals surface area contributed by atoms with Gasteiger partial charge in [-0.15, -0.1) is 0 Å². The van der Waals surface area contributed by atoms with Gasteiger partial charge in [-0.2, -0.15) is 4.90 Å². The van der Waals surface area contributed by atoms with Gasteiger partial charge in [0.2, 0.25) is 0 Å². The van der Waals surface area contributed by atoms with Crippen molar-refractivity contribution < 1.29 is 33.3 Å². The second kappa shape index (κ2) is 14.2. The Bertz CT molecular complexity index is 1150. The topological polar surface area (TPSA) is 91.4 Å².